The lowest BCUT2D eigenvalue weighted by molar-refractivity contribution is 0.415. The molecule has 0 aliphatic rings. The first kappa shape index (κ1) is 14.2. The predicted octanol–water partition coefficient (Wildman–Crippen LogP) is 4.49. The largest absolute Gasteiger partial charge is 0.497 e. The minimum Gasteiger partial charge on any atom is -0.497 e. The standard InChI is InChI=1S/C16H16N2OS/c1-3-4-5-15-10-12(11-17)16(20-15)18-13-6-8-14(19-2)9-7-13/h3,6-10,18H,1,4-5H2,2H3. The molecule has 2 rings (SSSR count). The van der Waals surface area contributed by atoms with E-state index in [0.29, 0.717) is 5.56 Å². The second kappa shape index (κ2) is 6.78. The van der Waals surface area contributed by atoms with Crippen LogP contribution in [0.15, 0.2) is 43.0 Å². The van der Waals surface area contributed by atoms with Crippen LogP contribution in [0.2, 0.25) is 0 Å². The number of rotatable bonds is 6. The molecule has 1 N–H and O–H groups in total. The highest BCUT2D eigenvalue weighted by molar-refractivity contribution is 7.16. The fourth-order valence-electron chi connectivity index (χ4n) is 1.79. The summed E-state index contributed by atoms with van der Waals surface area (Å²) in [6, 6.07) is 11.8. The average molecular weight is 284 g/mol. The van der Waals surface area contributed by atoms with Crippen molar-refractivity contribution in [1.82, 2.24) is 0 Å². The van der Waals surface area contributed by atoms with Crippen molar-refractivity contribution in [2.45, 2.75) is 12.8 Å². The highest BCUT2D eigenvalue weighted by atomic mass is 32.1. The third-order valence-corrected chi connectivity index (χ3v) is 3.96. The number of anilines is 2. The van der Waals surface area contributed by atoms with Gasteiger partial charge >= 0.3 is 0 Å². The van der Waals surface area contributed by atoms with Crippen molar-refractivity contribution < 1.29 is 4.74 Å². The first-order valence-corrected chi connectivity index (χ1v) is 7.13. The van der Waals surface area contributed by atoms with E-state index in [2.05, 4.69) is 18.0 Å². The number of hydrogen-bond donors (Lipinski definition) is 1. The van der Waals surface area contributed by atoms with Gasteiger partial charge in [-0.05, 0) is 43.2 Å². The van der Waals surface area contributed by atoms with Gasteiger partial charge in [0.1, 0.15) is 16.8 Å². The van der Waals surface area contributed by atoms with Crippen LogP contribution in [0.5, 0.6) is 5.75 Å². The zero-order chi connectivity index (χ0) is 14.4. The lowest BCUT2D eigenvalue weighted by Crippen LogP contribution is -1.89. The number of allylic oxidation sites excluding steroid dienone is 1. The van der Waals surface area contributed by atoms with Crippen molar-refractivity contribution in [2.24, 2.45) is 0 Å². The lowest BCUT2D eigenvalue weighted by Gasteiger charge is -2.05. The Morgan fingerprint density at radius 2 is 2.15 bits per heavy atom. The Morgan fingerprint density at radius 1 is 1.40 bits per heavy atom. The molecule has 0 atom stereocenters. The molecular weight excluding hydrogens is 268 g/mol. The first-order chi connectivity index (χ1) is 9.76. The molecule has 0 unspecified atom stereocenters. The van der Waals surface area contributed by atoms with Crippen LogP contribution >= 0.6 is 11.3 Å². The van der Waals surface area contributed by atoms with E-state index in [4.69, 9.17) is 4.74 Å². The van der Waals surface area contributed by atoms with Gasteiger partial charge in [0.2, 0.25) is 0 Å². The van der Waals surface area contributed by atoms with Gasteiger partial charge < -0.3 is 10.1 Å². The topological polar surface area (TPSA) is 45.0 Å². The zero-order valence-corrected chi connectivity index (χ0v) is 12.2. The molecule has 3 nitrogen and oxygen atoms in total. The summed E-state index contributed by atoms with van der Waals surface area (Å²) < 4.78 is 5.13. The third-order valence-electron chi connectivity index (χ3n) is 2.85. The maximum atomic E-state index is 9.19. The van der Waals surface area contributed by atoms with Crippen molar-refractivity contribution in [1.29, 1.82) is 5.26 Å². The van der Waals surface area contributed by atoms with Crippen LogP contribution in [0.1, 0.15) is 16.9 Å². The van der Waals surface area contributed by atoms with Crippen molar-refractivity contribution >= 4 is 22.0 Å². The number of nitrogens with zero attached hydrogens (tertiary/aromatic N) is 1. The van der Waals surface area contributed by atoms with Gasteiger partial charge in [-0.1, -0.05) is 6.08 Å². The van der Waals surface area contributed by atoms with Crippen molar-refractivity contribution in [3.63, 3.8) is 0 Å². The van der Waals surface area contributed by atoms with Gasteiger partial charge in [-0.3, -0.25) is 0 Å². The van der Waals surface area contributed by atoms with Gasteiger partial charge in [-0.15, -0.1) is 17.9 Å². The summed E-state index contributed by atoms with van der Waals surface area (Å²) in [7, 11) is 1.64. The Kier molecular flexibility index (Phi) is 4.80. The number of nitrogens with one attached hydrogen (secondary N) is 1. The molecule has 0 aliphatic heterocycles. The van der Waals surface area contributed by atoms with E-state index in [0.717, 1.165) is 29.3 Å². The van der Waals surface area contributed by atoms with E-state index in [1.54, 1.807) is 18.4 Å². The van der Waals surface area contributed by atoms with Gasteiger partial charge in [-0.25, -0.2) is 0 Å². The van der Waals surface area contributed by atoms with Crippen LogP contribution < -0.4 is 10.1 Å². The van der Waals surface area contributed by atoms with Crippen molar-refractivity contribution in [3.8, 4) is 11.8 Å². The highest BCUT2D eigenvalue weighted by Gasteiger charge is 2.08. The normalized spacial score (nSPS) is 9.80. The number of hydrogen-bond acceptors (Lipinski definition) is 4. The summed E-state index contributed by atoms with van der Waals surface area (Å²) >= 11 is 1.62. The van der Waals surface area contributed by atoms with E-state index >= 15 is 0 Å². The van der Waals surface area contributed by atoms with E-state index in [1.807, 2.05) is 36.4 Å². The highest BCUT2D eigenvalue weighted by Crippen LogP contribution is 2.31. The number of nitriles is 1. The molecule has 1 aromatic carbocycles. The van der Waals surface area contributed by atoms with Crippen molar-refractivity contribution in [2.75, 3.05) is 12.4 Å². The molecule has 0 fully saturated rings. The van der Waals surface area contributed by atoms with Crippen LogP contribution in [-0.2, 0) is 6.42 Å². The lowest BCUT2D eigenvalue weighted by atomic mass is 10.2. The molecule has 1 heterocycles. The molecule has 4 heteroatoms. The molecule has 0 spiro atoms. The van der Waals surface area contributed by atoms with E-state index < -0.39 is 0 Å². The first-order valence-electron chi connectivity index (χ1n) is 6.31. The SMILES string of the molecule is C=CCCc1cc(C#N)c(Nc2ccc(OC)cc2)s1. The molecule has 0 aliphatic carbocycles. The van der Waals surface area contributed by atoms with Crippen LogP contribution in [0.25, 0.3) is 0 Å². The molecule has 0 radical (unpaired) electrons. The number of methoxy groups -OCH3 is 1. The molecule has 0 saturated heterocycles. The Labute approximate surface area is 123 Å². The number of aryl methyl sites for hydroxylation is 1. The molecule has 20 heavy (non-hydrogen) atoms. The summed E-state index contributed by atoms with van der Waals surface area (Å²) in [4.78, 5) is 1.19. The number of ether oxygens (including phenoxy) is 1. The van der Waals surface area contributed by atoms with Gasteiger partial charge in [-0.2, -0.15) is 5.26 Å². The quantitative estimate of drug-likeness (QED) is 0.795. The van der Waals surface area contributed by atoms with Crippen LogP contribution in [0.4, 0.5) is 10.7 Å². The van der Waals surface area contributed by atoms with Gasteiger partial charge in [0.15, 0.2) is 0 Å². The monoisotopic (exact) mass is 284 g/mol. The second-order valence-corrected chi connectivity index (χ2v) is 5.38. The maximum absolute atomic E-state index is 9.19. The Bertz CT molecular complexity index is 623. The van der Waals surface area contributed by atoms with Gasteiger partial charge in [0.05, 0.1) is 12.7 Å². The number of thiophene rings is 1. The fourth-order valence-corrected chi connectivity index (χ4v) is 2.83. The molecule has 102 valence electrons. The van der Waals surface area contributed by atoms with Crippen LogP contribution in [-0.4, -0.2) is 7.11 Å². The van der Waals surface area contributed by atoms with E-state index in [-0.39, 0.29) is 0 Å². The summed E-state index contributed by atoms with van der Waals surface area (Å²) in [5.41, 5.74) is 1.63. The van der Waals surface area contributed by atoms with Crippen LogP contribution in [0.3, 0.4) is 0 Å². The molecular formula is C16H16N2OS. The van der Waals surface area contributed by atoms with E-state index in [9.17, 15) is 5.26 Å². The summed E-state index contributed by atoms with van der Waals surface area (Å²) in [5.74, 6) is 0.814. The molecule has 1 aromatic heterocycles. The number of benzene rings is 1. The molecule has 0 amide bonds. The smallest absolute Gasteiger partial charge is 0.119 e. The third kappa shape index (κ3) is 3.40. The maximum Gasteiger partial charge on any atom is 0.119 e. The van der Waals surface area contributed by atoms with Gasteiger partial charge in [0.25, 0.3) is 0 Å². The zero-order valence-electron chi connectivity index (χ0n) is 11.3. The molecule has 0 saturated carbocycles. The predicted molar refractivity (Wildman–Crippen MR) is 83.8 cm³/mol. The minimum atomic E-state index is 0.685. The Balaban J connectivity index is 2.16. The summed E-state index contributed by atoms with van der Waals surface area (Å²) in [6.07, 6.45) is 3.74. The molecule has 2 aromatic rings. The average Bonchev–Trinajstić information content (AvgIpc) is 2.88. The van der Waals surface area contributed by atoms with Crippen LogP contribution in [0, 0.1) is 11.3 Å². The molecule has 0 bridgehead atoms. The summed E-state index contributed by atoms with van der Waals surface area (Å²) in [5, 5.41) is 13.4. The van der Waals surface area contributed by atoms with E-state index in [1.165, 1.54) is 4.88 Å². The fraction of sp³-hybridized carbons (Fsp3) is 0.188. The summed E-state index contributed by atoms with van der Waals surface area (Å²) in [6.45, 7) is 3.72. The Morgan fingerprint density at radius 3 is 2.75 bits per heavy atom. The second-order valence-electron chi connectivity index (χ2n) is 4.25. The van der Waals surface area contributed by atoms with Crippen molar-refractivity contribution in [3.05, 3.63) is 53.4 Å². The minimum absolute atomic E-state index is 0.685. The Hall–Kier alpha value is -2.25. The van der Waals surface area contributed by atoms with Gasteiger partial charge in [0, 0.05) is 10.6 Å².